The lowest BCUT2D eigenvalue weighted by atomic mass is 9.89. The molecule has 1 atom stereocenters. The number of nitrogens with zero attached hydrogens (tertiary/aromatic N) is 1. The second-order valence-corrected chi connectivity index (χ2v) is 5.87. The second kappa shape index (κ2) is 6.31. The van der Waals surface area contributed by atoms with Gasteiger partial charge >= 0.3 is 0 Å². The summed E-state index contributed by atoms with van der Waals surface area (Å²) in [5.74, 6) is 0.0920. The van der Waals surface area contributed by atoms with E-state index in [0.29, 0.717) is 11.6 Å². The molecule has 1 fully saturated rings. The monoisotopic (exact) mass is 299 g/mol. The molecule has 0 spiro atoms. The van der Waals surface area contributed by atoms with E-state index in [1.807, 2.05) is 47.4 Å². The van der Waals surface area contributed by atoms with E-state index < -0.39 is 0 Å². The number of carbonyl (C=O) groups is 1. The first kappa shape index (κ1) is 14.2. The molecule has 1 amide bonds. The van der Waals surface area contributed by atoms with Gasteiger partial charge in [-0.1, -0.05) is 60.1 Å². The summed E-state index contributed by atoms with van der Waals surface area (Å²) in [6.07, 6.45) is 1.91. The molecule has 1 aliphatic rings. The maximum atomic E-state index is 12.7. The minimum Gasteiger partial charge on any atom is -0.338 e. The van der Waals surface area contributed by atoms with Gasteiger partial charge in [-0.15, -0.1) is 0 Å². The average molecular weight is 300 g/mol. The maximum Gasteiger partial charge on any atom is 0.230 e. The van der Waals surface area contributed by atoms with Crippen molar-refractivity contribution in [2.45, 2.75) is 25.3 Å². The lowest BCUT2D eigenvalue weighted by Gasteiger charge is -2.33. The Kier molecular flexibility index (Phi) is 4.26. The zero-order valence-corrected chi connectivity index (χ0v) is 12.6. The predicted octanol–water partition coefficient (Wildman–Crippen LogP) is 4.25. The first-order valence-corrected chi connectivity index (χ1v) is 7.70. The number of hydrogen-bond acceptors (Lipinski definition) is 1. The Morgan fingerprint density at radius 2 is 1.76 bits per heavy atom. The van der Waals surface area contributed by atoms with Crippen molar-refractivity contribution in [3.63, 3.8) is 0 Å². The van der Waals surface area contributed by atoms with Gasteiger partial charge < -0.3 is 4.90 Å². The molecule has 1 saturated heterocycles. The number of hydrogen-bond donors (Lipinski definition) is 0. The van der Waals surface area contributed by atoms with Gasteiger partial charge in [-0.3, -0.25) is 4.79 Å². The summed E-state index contributed by atoms with van der Waals surface area (Å²) in [6, 6.07) is 17.8. The highest BCUT2D eigenvalue weighted by atomic mass is 35.5. The molecule has 0 saturated carbocycles. The van der Waals surface area contributed by atoms with Gasteiger partial charge in [0, 0.05) is 18.1 Å². The van der Waals surface area contributed by atoms with Crippen LogP contribution < -0.4 is 0 Å². The minimum absolute atomic E-state index is 0.101. The van der Waals surface area contributed by atoms with Crippen LogP contribution in [0.2, 0.25) is 5.02 Å². The molecule has 3 rings (SSSR count). The minimum atomic E-state index is -0.101. The number of carbonyl (C=O) groups excluding carboxylic acids is 1. The molecule has 0 aromatic heterocycles. The number of rotatable bonds is 3. The first-order valence-electron chi connectivity index (χ1n) is 7.33. The fourth-order valence-electron chi connectivity index (χ4n) is 2.95. The summed E-state index contributed by atoms with van der Waals surface area (Å²) in [7, 11) is 0. The van der Waals surface area contributed by atoms with Crippen LogP contribution in [-0.4, -0.2) is 17.4 Å². The van der Waals surface area contributed by atoms with E-state index in [2.05, 4.69) is 12.1 Å². The molecule has 0 aliphatic carbocycles. The van der Waals surface area contributed by atoms with Gasteiger partial charge in [-0.25, -0.2) is 0 Å². The molecule has 0 bridgehead atoms. The quantitative estimate of drug-likeness (QED) is 0.830. The predicted molar refractivity (Wildman–Crippen MR) is 85.3 cm³/mol. The largest absolute Gasteiger partial charge is 0.338 e. The smallest absolute Gasteiger partial charge is 0.230 e. The van der Waals surface area contributed by atoms with Crippen LogP contribution in [0.4, 0.5) is 0 Å². The highest BCUT2D eigenvalue weighted by molar-refractivity contribution is 6.31. The molecule has 3 heteroatoms. The highest BCUT2D eigenvalue weighted by Gasteiger charge is 2.30. The zero-order chi connectivity index (χ0) is 14.7. The topological polar surface area (TPSA) is 20.3 Å². The number of benzene rings is 2. The molecular formula is C18H18ClNO. The summed E-state index contributed by atoms with van der Waals surface area (Å²) >= 11 is 6.26. The van der Waals surface area contributed by atoms with E-state index in [1.54, 1.807) is 0 Å². The standard InChI is InChI=1S/C18H18ClNO/c19-17-11-5-4-9-15(17)16-10-6-12-20(18(16)21)13-14-7-2-1-3-8-14/h1-5,7-9,11,16H,6,10,12-13H2. The summed E-state index contributed by atoms with van der Waals surface area (Å²) in [4.78, 5) is 14.7. The van der Waals surface area contributed by atoms with Crippen molar-refractivity contribution in [2.24, 2.45) is 0 Å². The van der Waals surface area contributed by atoms with E-state index in [0.717, 1.165) is 24.9 Å². The zero-order valence-electron chi connectivity index (χ0n) is 11.8. The van der Waals surface area contributed by atoms with Crippen molar-refractivity contribution in [1.29, 1.82) is 0 Å². The van der Waals surface area contributed by atoms with Crippen molar-refractivity contribution in [1.82, 2.24) is 4.90 Å². The van der Waals surface area contributed by atoms with Gasteiger partial charge in [0.1, 0.15) is 0 Å². The Labute approximate surface area is 130 Å². The SMILES string of the molecule is O=C1C(c2ccccc2Cl)CCCN1Cc1ccccc1. The van der Waals surface area contributed by atoms with Crippen molar-refractivity contribution >= 4 is 17.5 Å². The molecule has 2 aromatic rings. The summed E-state index contributed by atoms with van der Waals surface area (Å²) in [5.41, 5.74) is 2.13. The van der Waals surface area contributed by atoms with Crippen molar-refractivity contribution in [3.05, 3.63) is 70.7 Å². The van der Waals surface area contributed by atoms with Gasteiger partial charge in [0.05, 0.1) is 5.92 Å². The van der Waals surface area contributed by atoms with E-state index in [4.69, 9.17) is 11.6 Å². The van der Waals surface area contributed by atoms with Crippen molar-refractivity contribution in [2.75, 3.05) is 6.54 Å². The third-order valence-electron chi connectivity index (χ3n) is 4.03. The summed E-state index contributed by atoms with van der Waals surface area (Å²) < 4.78 is 0. The summed E-state index contributed by atoms with van der Waals surface area (Å²) in [6.45, 7) is 1.51. The highest BCUT2D eigenvalue weighted by Crippen LogP contribution is 2.33. The van der Waals surface area contributed by atoms with Crippen molar-refractivity contribution < 1.29 is 4.79 Å². The van der Waals surface area contributed by atoms with Gasteiger partial charge in [0.25, 0.3) is 0 Å². The van der Waals surface area contributed by atoms with Crippen LogP contribution in [0, 0.1) is 0 Å². The van der Waals surface area contributed by atoms with E-state index >= 15 is 0 Å². The van der Waals surface area contributed by atoms with Gasteiger partial charge in [-0.05, 0) is 30.0 Å². The fraction of sp³-hybridized carbons (Fsp3) is 0.278. The number of piperidine rings is 1. The molecular weight excluding hydrogens is 282 g/mol. The maximum absolute atomic E-state index is 12.7. The lowest BCUT2D eigenvalue weighted by molar-refractivity contribution is -0.135. The third-order valence-corrected chi connectivity index (χ3v) is 4.37. The van der Waals surface area contributed by atoms with E-state index in [9.17, 15) is 4.79 Å². The Hall–Kier alpha value is -1.80. The van der Waals surface area contributed by atoms with Gasteiger partial charge in [0.2, 0.25) is 5.91 Å². The molecule has 0 radical (unpaired) electrons. The summed E-state index contributed by atoms with van der Waals surface area (Å²) in [5, 5.41) is 0.692. The van der Waals surface area contributed by atoms with Crippen LogP contribution >= 0.6 is 11.6 Å². The van der Waals surface area contributed by atoms with Crippen LogP contribution in [0.1, 0.15) is 29.9 Å². The molecule has 1 aliphatic heterocycles. The van der Waals surface area contributed by atoms with Gasteiger partial charge in [0.15, 0.2) is 0 Å². The average Bonchev–Trinajstić information content (AvgIpc) is 2.51. The van der Waals surface area contributed by atoms with E-state index in [-0.39, 0.29) is 11.8 Å². The Morgan fingerprint density at radius 3 is 2.52 bits per heavy atom. The van der Waals surface area contributed by atoms with Crippen LogP contribution in [0.15, 0.2) is 54.6 Å². The van der Waals surface area contributed by atoms with Crippen LogP contribution in [-0.2, 0) is 11.3 Å². The lowest BCUT2D eigenvalue weighted by Crippen LogP contribution is -2.39. The normalized spacial score (nSPS) is 18.8. The molecule has 21 heavy (non-hydrogen) atoms. The fourth-order valence-corrected chi connectivity index (χ4v) is 3.21. The second-order valence-electron chi connectivity index (χ2n) is 5.46. The first-order chi connectivity index (χ1) is 10.3. The molecule has 1 heterocycles. The van der Waals surface area contributed by atoms with Crippen LogP contribution in [0.3, 0.4) is 0 Å². The Balaban J connectivity index is 1.79. The molecule has 108 valence electrons. The molecule has 2 nitrogen and oxygen atoms in total. The van der Waals surface area contributed by atoms with Crippen molar-refractivity contribution in [3.8, 4) is 0 Å². The number of amides is 1. The number of halogens is 1. The van der Waals surface area contributed by atoms with E-state index in [1.165, 1.54) is 5.56 Å². The molecule has 2 aromatic carbocycles. The Bertz CT molecular complexity index is 626. The molecule has 0 N–H and O–H groups in total. The molecule has 1 unspecified atom stereocenters. The van der Waals surface area contributed by atoms with Crippen LogP contribution in [0.25, 0.3) is 0 Å². The third kappa shape index (κ3) is 3.11. The number of likely N-dealkylation sites (tertiary alicyclic amines) is 1. The van der Waals surface area contributed by atoms with Gasteiger partial charge in [-0.2, -0.15) is 0 Å². The Morgan fingerprint density at radius 1 is 1.05 bits per heavy atom. The van der Waals surface area contributed by atoms with Crippen LogP contribution in [0.5, 0.6) is 0 Å².